The first-order chi connectivity index (χ1) is 10.3. The lowest BCUT2D eigenvalue weighted by molar-refractivity contribution is 0.00364. The minimum Gasteiger partial charge on any atom is -0.444 e. The summed E-state index contributed by atoms with van der Waals surface area (Å²) in [5.74, 6) is 0.474. The van der Waals surface area contributed by atoms with Gasteiger partial charge in [-0.1, -0.05) is 19.1 Å². The van der Waals surface area contributed by atoms with Crippen LogP contribution >= 0.6 is 0 Å². The van der Waals surface area contributed by atoms with Crippen LogP contribution in [0.3, 0.4) is 0 Å². The Labute approximate surface area is 132 Å². The fourth-order valence-corrected chi connectivity index (χ4v) is 2.80. The van der Waals surface area contributed by atoms with Crippen molar-refractivity contribution in [1.29, 1.82) is 5.26 Å². The van der Waals surface area contributed by atoms with Gasteiger partial charge in [-0.05, 0) is 57.2 Å². The van der Waals surface area contributed by atoms with E-state index in [1.165, 1.54) is 0 Å². The molecule has 0 aromatic heterocycles. The van der Waals surface area contributed by atoms with E-state index in [0.29, 0.717) is 18.0 Å². The molecule has 2 rings (SSSR count). The van der Waals surface area contributed by atoms with E-state index < -0.39 is 5.60 Å². The Bertz CT molecular complexity index is 566. The molecule has 0 aliphatic carbocycles. The summed E-state index contributed by atoms with van der Waals surface area (Å²) in [6, 6.07) is 9.65. The van der Waals surface area contributed by atoms with Crippen LogP contribution in [-0.2, 0) is 4.74 Å². The predicted octanol–water partition coefficient (Wildman–Crippen LogP) is 4.27. The number of benzene rings is 1. The maximum absolute atomic E-state index is 12.5. The van der Waals surface area contributed by atoms with Gasteiger partial charge in [0.2, 0.25) is 0 Å². The predicted molar refractivity (Wildman–Crippen MR) is 85.2 cm³/mol. The van der Waals surface area contributed by atoms with Gasteiger partial charge in [-0.3, -0.25) is 0 Å². The standard InChI is InChI=1S/C18H24N2O2/c1-13-5-10-16(15-8-6-14(11-19)7-9-15)20(12-13)17(21)22-18(2,3)4/h6-9,13,16H,5,10,12H2,1-4H3/t13-,16+/m0/s1. The fraction of sp³-hybridized carbons (Fsp3) is 0.556. The van der Waals surface area contributed by atoms with Gasteiger partial charge in [0.1, 0.15) is 5.60 Å². The lowest BCUT2D eigenvalue weighted by Gasteiger charge is -2.39. The van der Waals surface area contributed by atoms with Gasteiger partial charge in [0.05, 0.1) is 17.7 Å². The number of carbonyl (C=O) groups excluding carboxylic acids is 1. The molecule has 0 radical (unpaired) electrons. The first kappa shape index (κ1) is 16.4. The number of hydrogen-bond donors (Lipinski definition) is 0. The Balaban J connectivity index is 2.22. The van der Waals surface area contributed by atoms with Crippen LogP contribution in [0.2, 0.25) is 0 Å². The van der Waals surface area contributed by atoms with Crippen LogP contribution in [0.15, 0.2) is 24.3 Å². The summed E-state index contributed by atoms with van der Waals surface area (Å²) in [4.78, 5) is 14.4. The van der Waals surface area contributed by atoms with Crippen molar-refractivity contribution in [3.05, 3.63) is 35.4 Å². The number of nitrogens with zero attached hydrogens (tertiary/aromatic N) is 2. The molecule has 1 amide bonds. The van der Waals surface area contributed by atoms with Crippen LogP contribution in [0.4, 0.5) is 4.79 Å². The molecule has 1 heterocycles. The molecule has 1 aliphatic heterocycles. The molecule has 22 heavy (non-hydrogen) atoms. The van der Waals surface area contributed by atoms with Crippen molar-refractivity contribution in [2.24, 2.45) is 5.92 Å². The van der Waals surface area contributed by atoms with Crippen LogP contribution in [0.25, 0.3) is 0 Å². The molecule has 4 heteroatoms. The molecular weight excluding hydrogens is 276 g/mol. The molecule has 1 aromatic rings. The van der Waals surface area contributed by atoms with E-state index in [-0.39, 0.29) is 12.1 Å². The average Bonchev–Trinajstić information content (AvgIpc) is 2.45. The number of likely N-dealkylation sites (tertiary alicyclic amines) is 1. The lowest BCUT2D eigenvalue weighted by Crippen LogP contribution is -2.44. The maximum atomic E-state index is 12.5. The third-order valence-corrected chi connectivity index (χ3v) is 3.87. The molecule has 4 nitrogen and oxygen atoms in total. The molecule has 1 aliphatic rings. The molecule has 0 spiro atoms. The Morgan fingerprint density at radius 1 is 1.27 bits per heavy atom. The normalized spacial score (nSPS) is 22.0. The highest BCUT2D eigenvalue weighted by molar-refractivity contribution is 5.69. The second-order valence-corrected chi connectivity index (χ2v) is 7.06. The summed E-state index contributed by atoms with van der Waals surface area (Å²) in [5, 5.41) is 8.91. The summed E-state index contributed by atoms with van der Waals surface area (Å²) >= 11 is 0. The van der Waals surface area contributed by atoms with Crippen molar-refractivity contribution in [3.8, 4) is 6.07 Å². The Morgan fingerprint density at radius 3 is 2.45 bits per heavy atom. The maximum Gasteiger partial charge on any atom is 0.410 e. The van der Waals surface area contributed by atoms with Crippen molar-refractivity contribution in [3.63, 3.8) is 0 Å². The minimum absolute atomic E-state index is 0.0267. The summed E-state index contributed by atoms with van der Waals surface area (Å²) in [6.07, 6.45) is 1.75. The molecular formula is C18H24N2O2. The molecule has 1 saturated heterocycles. The molecule has 1 aromatic carbocycles. The first-order valence-electron chi connectivity index (χ1n) is 7.80. The lowest BCUT2D eigenvalue weighted by atomic mass is 9.90. The third-order valence-electron chi connectivity index (χ3n) is 3.87. The summed E-state index contributed by atoms with van der Waals surface area (Å²) in [6.45, 7) is 8.52. The number of amides is 1. The van der Waals surface area contributed by atoms with Crippen molar-refractivity contribution in [2.45, 2.75) is 52.2 Å². The van der Waals surface area contributed by atoms with E-state index in [2.05, 4.69) is 13.0 Å². The monoisotopic (exact) mass is 300 g/mol. The van der Waals surface area contributed by atoms with E-state index in [0.717, 1.165) is 18.4 Å². The van der Waals surface area contributed by atoms with Crippen LogP contribution in [0, 0.1) is 17.2 Å². The zero-order chi connectivity index (χ0) is 16.3. The minimum atomic E-state index is -0.493. The van der Waals surface area contributed by atoms with Gasteiger partial charge in [-0.15, -0.1) is 0 Å². The Morgan fingerprint density at radius 2 is 1.91 bits per heavy atom. The Kier molecular flexibility index (Phi) is 4.75. The van der Waals surface area contributed by atoms with Crippen molar-refractivity contribution in [1.82, 2.24) is 4.90 Å². The quantitative estimate of drug-likeness (QED) is 0.778. The second-order valence-electron chi connectivity index (χ2n) is 7.06. The SMILES string of the molecule is C[C@H]1CC[C@H](c2ccc(C#N)cc2)N(C(=O)OC(C)(C)C)C1. The highest BCUT2D eigenvalue weighted by atomic mass is 16.6. The van der Waals surface area contributed by atoms with Gasteiger partial charge < -0.3 is 9.64 Å². The van der Waals surface area contributed by atoms with Crippen LogP contribution in [0.1, 0.15) is 57.7 Å². The van der Waals surface area contributed by atoms with Gasteiger partial charge >= 0.3 is 6.09 Å². The van der Waals surface area contributed by atoms with Gasteiger partial charge in [0.25, 0.3) is 0 Å². The second kappa shape index (κ2) is 6.39. The number of hydrogen-bond acceptors (Lipinski definition) is 3. The number of carbonyl (C=O) groups is 1. The van der Waals surface area contributed by atoms with Crippen molar-refractivity contribution >= 4 is 6.09 Å². The van der Waals surface area contributed by atoms with Crippen LogP contribution in [0.5, 0.6) is 0 Å². The van der Waals surface area contributed by atoms with E-state index in [1.807, 2.05) is 37.8 Å². The van der Waals surface area contributed by atoms with E-state index >= 15 is 0 Å². The van der Waals surface area contributed by atoms with Gasteiger partial charge in [0, 0.05) is 6.54 Å². The molecule has 2 atom stereocenters. The molecule has 0 bridgehead atoms. The molecule has 1 fully saturated rings. The zero-order valence-electron chi connectivity index (χ0n) is 13.8. The van der Waals surface area contributed by atoms with E-state index in [1.54, 1.807) is 12.1 Å². The number of piperidine rings is 1. The molecule has 0 unspecified atom stereocenters. The molecule has 0 saturated carbocycles. The molecule has 0 N–H and O–H groups in total. The number of rotatable bonds is 1. The van der Waals surface area contributed by atoms with Gasteiger partial charge in [-0.2, -0.15) is 5.26 Å². The Hall–Kier alpha value is -2.02. The smallest absolute Gasteiger partial charge is 0.410 e. The first-order valence-corrected chi connectivity index (χ1v) is 7.80. The van der Waals surface area contributed by atoms with Gasteiger partial charge in [0.15, 0.2) is 0 Å². The van der Waals surface area contributed by atoms with Crippen LogP contribution < -0.4 is 0 Å². The summed E-state index contributed by atoms with van der Waals surface area (Å²) in [5.41, 5.74) is 1.21. The average molecular weight is 300 g/mol. The molecule has 118 valence electrons. The highest BCUT2D eigenvalue weighted by Gasteiger charge is 2.33. The number of nitriles is 1. The van der Waals surface area contributed by atoms with Crippen molar-refractivity contribution in [2.75, 3.05) is 6.54 Å². The van der Waals surface area contributed by atoms with Gasteiger partial charge in [-0.25, -0.2) is 4.79 Å². The topological polar surface area (TPSA) is 53.3 Å². The summed E-state index contributed by atoms with van der Waals surface area (Å²) < 4.78 is 5.56. The summed E-state index contributed by atoms with van der Waals surface area (Å²) in [7, 11) is 0. The third kappa shape index (κ3) is 4.00. The number of ether oxygens (including phenoxy) is 1. The van der Waals surface area contributed by atoms with Crippen LogP contribution in [-0.4, -0.2) is 23.1 Å². The largest absolute Gasteiger partial charge is 0.444 e. The zero-order valence-corrected chi connectivity index (χ0v) is 13.8. The van der Waals surface area contributed by atoms with E-state index in [9.17, 15) is 4.79 Å². The highest BCUT2D eigenvalue weighted by Crippen LogP contribution is 2.34. The fourth-order valence-electron chi connectivity index (χ4n) is 2.80. The van der Waals surface area contributed by atoms with Crippen molar-refractivity contribution < 1.29 is 9.53 Å². The van der Waals surface area contributed by atoms with E-state index in [4.69, 9.17) is 10.00 Å².